The van der Waals surface area contributed by atoms with Crippen molar-refractivity contribution in [2.24, 2.45) is 5.73 Å². The maximum Gasteiger partial charge on any atom is 0.164 e. The molecule has 0 amide bonds. The van der Waals surface area contributed by atoms with E-state index in [0.29, 0.717) is 36.8 Å². The van der Waals surface area contributed by atoms with Gasteiger partial charge in [0.05, 0.1) is 0 Å². The Balaban J connectivity index is 2.22. The lowest BCUT2D eigenvalue weighted by atomic mass is 9.95. The summed E-state index contributed by atoms with van der Waals surface area (Å²) in [5, 5.41) is 0. The summed E-state index contributed by atoms with van der Waals surface area (Å²) in [6, 6.07) is 3.17. The minimum atomic E-state index is -0.223. The van der Waals surface area contributed by atoms with Crippen molar-refractivity contribution in [1.82, 2.24) is 0 Å². The predicted molar refractivity (Wildman–Crippen MR) is 64.1 cm³/mol. The number of fused-ring (bicyclic) bond motifs is 1. The van der Waals surface area contributed by atoms with E-state index in [0.717, 1.165) is 12.8 Å². The van der Waals surface area contributed by atoms with Gasteiger partial charge in [-0.3, -0.25) is 0 Å². The number of hydrogen-bond acceptors (Lipinski definition) is 3. The third kappa shape index (κ3) is 2.69. The maximum atomic E-state index is 13.9. The van der Waals surface area contributed by atoms with E-state index in [-0.39, 0.29) is 11.7 Å². The molecule has 1 aromatic rings. The van der Waals surface area contributed by atoms with E-state index in [1.807, 2.05) is 6.92 Å². The van der Waals surface area contributed by atoms with Crippen LogP contribution in [0.5, 0.6) is 11.5 Å². The van der Waals surface area contributed by atoms with Crippen molar-refractivity contribution in [3.8, 4) is 11.5 Å². The zero-order chi connectivity index (χ0) is 12.3. The molecule has 0 saturated carbocycles. The summed E-state index contributed by atoms with van der Waals surface area (Å²) in [5.41, 5.74) is 6.15. The molecule has 0 aromatic heterocycles. The number of ether oxygens (including phenoxy) is 2. The fraction of sp³-hybridized carbons (Fsp3) is 0.538. The number of hydrogen-bond donors (Lipinski definition) is 1. The second-order valence-corrected chi connectivity index (χ2v) is 4.35. The van der Waals surface area contributed by atoms with Crippen LogP contribution in [0.2, 0.25) is 0 Å². The summed E-state index contributed by atoms with van der Waals surface area (Å²) in [5.74, 6) is 1.07. The van der Waals surface area contributed by atoms with Crippen molar-refractivity contribution < 1.29 is 13.9 Å². The average Bonchev–Trinajstić information content (AvgIpc) is 2.35. The van der Waals surface area contributed by atoms with Gasteiger partial charge < -0.3 is 15.2 Å². The van der Waals surface area contributed by atoms with Gasteiger partial charge in [0.15, 0.2) is 11.5 Å². The van der Waals surface area contributed by atoms with Gasteiger partial charge >= 0.3 is 0 Å². The van der Waals surface area contributed by atoms with E-state index >= 15 is 0 Å². The molecular formula is C13H18FNO2. The Morgan fingerprint density at radius 2 is 1.94 bits per heavy atom. The molecule has 1 aromatic carbocycles. The first kappa shape index (κ1) is 12.2. The quantitative estimate of drug-likeness (QED) is 0.877. The lowest BCUT2D eigenvalue weighted by Crippen LogP contribution is -2.16. The molecule has 3 nitrogen and oxygen atoms in total. The van der Waals surface area contributed by atoms with E-state index < -0.39 is 0 Å². The fourth-order valence-corrected chi connectivity index (χ4v) is 2.04. The summed E-state index contributed by atoms with van der Waals surface area (Å²) in [6.45, 7) is 3.64. The number of rotatable bonds is 4. The topological polar surface area (TPSA) is 44.5 Å². The second kappa shape index (κ2) is 5.36. The van der Waals surface area contributed by atoms with E-state index in [2.05, 4.69) is 0 Å². The molecule has 1 heterocycles. The molecule has 94 valence electrons. The number of nitrogens with two attached hydrogens (primary N) is 1. The van der Waals surface area contributed by atoms with Crippen molar-refractivity contribution >= 4 is 0 Å². The van der Waals surface area contributed by atoms with E-state index in [1.165, 1.54) is 6.07 Å². The monoisotopic (exact) mass is 239 g/mol. The van der Waals surface area contributed by atoms with Crippen molar-refractivity contribution in [2.75, 3.05) is 19.8 Å². The van der Waals surface area contributed by atoms with Crippen molar-refractivity contribution in [3.05, 3.63) is 23.5 Å². The fourth-order valence-electron chi connectivity index (χ4n) is 2.04. The van der Waals surface area contributed by atoms with Gasteiger partial charge in [-0.05, 0) is 36.9 Å². The van der Waals surface area contributed by atoms with Crippen LogP contribution in [0.1, 0.15) is 31.2 Å². The van der Waals surface area contributed by atoms with Gasteiger partial charge in [0.25, 0.3) is 0 Å². The lowest BCUT2D eigenvalue weighted by molar-refractivity contribution is 0.170. The van der Waals surface area contributed by atoms with E-state index in [1.54, 1.807) is 6.07 Å². The van der Waals surface area contributed by atoms with Crippen LogP contribution in [0, 0.1) is 5.82 Å². The summed E-state index contributed by atoms with van der Waals surface area (Å²) < 4.78 is 24.7. The third-order valence-corrected chi connectivity index (χ3v) is 3.03. The SMILES string of the molecule is CC(CCCN)c1cc2c(cc1F)OCCO2. The van der Waals surface area contributed by atoms with Crippen molar-refractivity contribution in [2.45, 2.75) is 25.7 Å². The number of halogens is 1. The third-order valence-electron chi connectivity index (χ3n) is 3.03. The highest BCUT2D eigenvalue weighted by molar-refractivity contribution is 5.45. The second-order valence-electron chi connectivity index (χ2n) is 4.35. The molecule has 17 heavy (non-hydrogen) atoms. The molecule has 0 spiro atoms. The van der Waals surface area contributed by atoms with Crippen LogP contribution in [0.3, 0.4) is 0 Å². The van der Waals surface area contributed by atoms with Gasteiger partial charge in [-0.25, -0.2) is 4.39 Å². The lowest BCUT2D eigenvalue weighted by Gasteiger charge is -2.21. The van der Waals surface area contributed by atoms with Gasteiger partial charge in [-0.2, -0.15) is 0 Å². The first-order chi connectivity index (χ1) is 8.22. The Morgan fingerprint density at radius 1 is 1.29 bits per heavy atom. The molecule has 1 aliphatic heterocycles. The van der Waals surface area contributed by atoms with Crippen LogP contribution in [-0.4, -0.2) is 19.8 Å². The van der Waals surface area contributed by atoms with Gasteiger partial charge in [0.1, 0.15) is 19.0 Å². The molecule has 0 aliphatic carbocycles. The minimum absolute atomic E-state index is 0.148. The van der Waals surface area contributed by atoms with Crippen LogP contribution < -0.4 is 15.2 Å². The molecule has 0 bridgehead atoms. The van der Waals surface area contributed by atoms with Crippen LogP contribution in [0.4, 0.5) is 4.39 Å². The normalized spacial score (nSPS) is 15.7. The Kier molecular flexibility index (Phi) is 3.84. The molecule has 1 atom stereocenters. The molecule has 2 rings (SSSR count). The predicted octanol–water partition coefficient (Wildman–Crippen LogP) is 2.44. The Labute approximate surface area is 101 Å². The van der Waals surface area contributed by atoms with E-state index in [9.17, 15) is 4.39 Å². The largest absolute Gasteiger partial charge is 0.486 e. The zero-order valence-corrected chi connectivity index (χ0v) is 10.0. The zero-order valence-electron chi connectivity index (χ0n) is 10.0. The Hall–Kier alpha value is -1.29. The number of benzene rings is 1. The molecule has 0 radical (unpaired) electrons. The van der Waals surface area contributed by atoms with Gasteiger partial charge in [-0.1, -0.05) is 6.92 Å². The highest BCUT2D eigenvalue weighted by Gasteiger charge is 2.18. The van der Waals surface area contributed by atoms with Gasteiger partial charge in [0.2, 0.25) is 0 Å². The molecule has 2 N–H and O–H groups in total. The van der Waals surface area contributed by atoms with Crippen LogP contribution in [-0.2, 0) is 0 Å². The smallest absolute Gasteiger partial charge is 0.164 e. The Bertz CT molecular complexity index is 395. The molecule has 4 heteroatoms. The van der Waals surface area contributed by atoms with Crippen molar-refractivity contribution in [1.29, 1.82) is 0 Å². The van der Waals surface area contributed by atoms with Crippen LogP contribution in [0.25, 0.3) is 0 Å². The Morgan fingerprint density at radius 3 is 2.59 bits per heavy atom. The summed E-state index contributed by atoms with van der Waals surface area (Å²) >= 11 is 0. The average molecular weight is 239 g/mol. The maximum absolute atomic E-state index is 13.9. The van der Waals surface area contributed by atoms with Crippen LogP contribution in [0.15, 0.2) is 12.1 Å². The first-order valence-corrected chi connectivity index (χ1v) is 6.01. The minimum Gasteiger partial charge on any atom is -0.486 e. The summed E-state index contributed by atoms with van der Waals surface area (Å²) in [7, 11) is 0. The van der Waals surface area contributed by atoms with Gasteiger partial charge in [0, 0.05) is 6.07 Å². The van der Waals surface area contributed by atoms with E-state index in [4.69, 9.17) is 15.2 Å². The standard InChI is InChI=1S/C13H18FNO2/c1-9(3-2-4-15)10-7-12-13(8-11(10)14)17-6-5-16-12/h7-9H,2-6,15H2,1H3. The molecule has 0 fully saturated rings. The molecule has 1 aliphatic rings. The molecule has 0 saturated heterocycles. The summed E-state index contributed by atoms with van der Waals surface area (Å²) in [4.78, 5) is 0. The molecular weight excluding hydrogens is 221 g/mol. The summed E-state index contributed by atoms with van der Waals surface area (Å²) in [6.07, 6.45) is 1.78. The molecule has 1 unspecified atom stereocenters. The first-order valence-electron chi connectivity index (χ1n) is 6.01. The highest BCUT2D eigenvalue weighted by atomic mass is 19.1. The van der Waals surface area contributed by atoms with Gasteiger partial charge in [-0.15, -0.1) is 0 Å². The van der Waals surface area contributed by atoms with Crippen LogP contribution >= 0.6 is 0 Å². The highest BCUT2D eigenvalue weighted by Crippen LogP contribution is 2.36. The van der Waals surface area contributed by atoms with Crippen molar-refractivity contribution in [3.63, 3.8) is 0 Å².